The monoisotopic (exact) mass is 376 g/mol. The largest absolute Gasteiger partial charge is 0.478 e. The molecule has 110 valence electrons. The average Bonchev–Trinajstić information content (AvgIpc) is 2.40. The van der Waals surface area contributed by atoms with E-state index < -0.39 is 23.3 Å². The predicted molar refractivity (Wildman–Crippen MR) is 76.7 cm³/mol. The quantitative estimate of drug-likeness (QED) is 0.787. The lowest BCUT2D eigenvalue weighted by Gasteiger charge is -2.12. The zero-order chi connectivity index (χ0) is 15.6. The molecule has 0 unspecified atom stereocenters. The summed E-state index contributed by atoms with van der Waals surface area (Å²) >= 11 is 4.52. The van der Waals surface area contributed by atoms with Gasteiger partial charge in [-0.2, -0.15) is 13.2 Å². The normalized spacial score (nSPS) is 11.4. The molecule has 0 fully saturated rings. The van der Waals surface area contributed by atoms with Crippen LogP contribution in [0.5, 0.6) is 0 Å². The van der Waals surface area contributed by atoms with Crippen molar-refractivity contribution in [3.8, 4) is 0 Å². The van der Waals surface area contributed by atoms with Gasteiger partial charge in [-0.1, -0.05) is 23.9 Å². The number of halogens is 4. The molecule has 2 aromatic carbocycles. The fourth-order valence-corrected chi connectivity index (χ4v) is 3.07. The van der Waals surface area contributed by atoms with Crippen LogP contribution >= 0.6 is 27.7 Å². The van der Waals surface area contributed by atoms with Gasteiger partial charge in [-0.25, -0.2) is 4.79 Å². The predicted octanol–water partition coefficient (Wildman–Crippen LogP) is 5.32. The lowest BCUT2D eigenvalue weighted by Crippen LogP contribution is -2.12. The molecule has 1 N–H and O–H groups in total. The fraction of sp³-hybridized carbons (Fsp3) is 0.0714. The van der Waals surface area contributed by atoms with Crippen molar-refractivity contribution in [3.63, 3.8) is 0 Å². The van der Waals surface area contributed by atoms with Gasteiger partial charge in [-0.05, 0) is 46.3 Å². The maximum Gasteiger partial charge on any atom is 0.417 e. The highest BCUT2D eigenvalue weighted by molar-refractivity contribution is 9.10. The molecular weight excluding hydrogens is 369 g/mol. The van der Waals surface area contributed by atoms with Gasteiger partial charge in [0, 0.05) is 14.3 Å². The van der Waals surface area contributed by atoms with Crippen molar-refractivity contribution >= 4 is 33.7 Å². The Morgan fingerprint density at radius 2 is 1.81 bits per heavy atom. The number of carboxylic acid groups (broad SMARTS) is 1. The number of aromatic carboxylic acids is 1. The molecule has 0 saturated heterocycles. The smallest absolute Gasteiger partial charge is 0.417 e. The Kier molecular flexibility index (Phi) is 4.63. The van der Waals surface area contributed by atoms with Gasteiger partial charge in [-0.3, -0.25) is 0 Å². The first kappa shape index (κ1) is 15.9. The molecule has 7 heteroatoms. The Morgan fingerprint density at radius 3 is 2.38 bits per heavy atom. The van der Waals surface area contributed by atoms with Crippen LogP contribution in [0.1, 0.15) is 15.9 Å². The molecule has 0 aromatic heterocycles. The van der Waals surface area contributed by atoms with Crippen molar-refractivity contribution in [2.45, 2.75) is 16.0 Å². The molecule has 21 heavy (non-hydrogen) atoms. The molecule has 0 aliphatic carbocycles. The van der Waals surface area contributed by atoms with Crippen molar-refractivity contribution in [1.29, 1.82) is 0 Å². The minimum absolute atomic E-state index is 0.423. The van der Waals surface area contributed by atoms with E-state index in [-0.39, 0.29) is 0 Å². The third kappa shape index (κ3) is 3.79. The summed E-state index contributed by atoms with van der Waals surface area (Å²) in [4.78, 5) is 12.2. The number of hydrogen-bond donors (Lipinski definition) is 1. The minimum atomic E-state index is -4.69. The van der Waals surface area contributed by atoms with Gasteiger partial charge in [0.15, 0.2) is 0 Å². The molecule has 0 aliphatic heterocycles. The van der Waals surface area contributed by atoms with Crippen molar-refractivity contribution in [3.05, 3.63) is 58.1 Å². The van der Waals surface area contributed by atoms with Gasteiger partial charge in [0.1, 0.15) is 0 Å². The molecule has 0 atom stereocenters. The van der Waals surface area contributed by atoms with E-state index in [1.807, 2.05) is 6.07 Å². The van der Waals surface area contributed by atoms with Gasteiger partial charge in [0.2, 0.25) is 0 Å². The lowest BCUT2D eigenvalue weighted by atomic mass is 10.1. The summed E-state index contributed by atoms with van der Waals surface area (Å²) in [5.74, 6) is -1.60. The van der Waals surface area contributed by atoms with Crippen molar-refractivity contribution < 1.29 is 23.1 Å². The van der Waals surface area contributed by atoms with E-state index in [4.69, 9.17) is 5.11 Å². The number of alkyl halides is 3. The van der Waals surface area contributed by atoms with E-state index in [2.05, 4.69) is 15.9 Å². The summed E-state index contributed by atoms with van der Waals surface area (Å²) in [7, 11) is 0. The van der Waals surface area contributed by atoms with Crippen LogP contribution in [0, 0.1) is 0 Å². The first-order valence-corrected chi connectivity index (χ1v) is 7.27. The first-order valence-electron chi connectivity index (χ1n) is 5.66. The maximum atomic E-state index is 12.8. The summed E-state index contributed by atoms with van der Waals surface area (Å²) in [5, 5.41) is 8.96. The van der Waals surface area contributed by atoms with E-state index in [1.165, 1.54) is 17.8 Å². The summed E-state index contributed by atoms with van der Waals surface area (Å²) in [6, 6.07) is 10.3. The van der Waals surface area contributed by atoms with Crippen LogP contribution in [-0.4, -0.2) is 11.1 Å². The van der Waals surface area contributed by atoms with Crippen molar-refractivity contribution in [1.82, 2.24) is 0 Å². The number of benzene rings is 2. The molecule has 2 rings (SSSR count). The summed E-state index contributed by atoms with van der Waals surface area (Å²) in [6.07, 6.45) is -4.69. The van der Waals surface area contributed by atoms with E-state index in [0.29, 0.717) is 4.90 Å². The van der Waals surface area contributed by atoms with E-state index in [0.717, 1.165) is 21.5 Å². The SMILES string of the molecule is O=C(O)c1cc(Sc2ccccc2Br)ccc1C(F)(F)F. The number of hydrogen-bond acceptors (Lipinski definition) is 2. The molecular formula is C14H8BrF3O2S. The second-order valence-electron chi connectivity index (χ2n) is 4.04. The van der Waals surface area contributed by atoms with Crippen LogP contribution in [0.4, 0.5) is 13.2 Å². The second kappa shape index (κ2) is 6.11. The number of rotatable bonds is 3. The fourth-order valence-electron chi connectivity index (χ4n) is 1.67. The molecule has 2 nitrogen and oxygen atoms in total. The Balaban J connectivity index is 2.42. The highest BCUT2D eigenvalue weighted by Gasteiger charge is 2.35. The van der Waals surface area contributed by atoms with Crippen LogP contribution in [0.3, 0.4) is 0 Å². The average molecular weight is 377 g/mol. The van der Waals surface area contributed by atoms with E-state index in [1.54, 1.807) is 18.2 Å². The van der Waals surface area contributed by atoms with Gasteiger partial charge in [-0.15, -0.1) is 0 Å². The van der Waals surface area contributed by atoms with Crippen molar-refractivity contribution in [2.75, 3.05) is 0 Å². The zero-order valence-corrected chi connectivity index (χ0v) is 12.7. The minimum Gasteiger partial charge on any atom is -0.478 e. The number of carbonyl (C=O) groups is 1. The molecule has 0 radical (unpaired) electrons. The molecule has 0 aliphatic rings. The van der Waals surface area contributed by atoms with Crippen LogP contribution in [-0.2, 0) is 6.18 Å². The molecule has 0 amide bonds. The third-order valence-electron chi connectivity index (χ3n) is 2.59. The van der Waals surface area contributed by atoms with Crippen LogP contribution < -0.4 is 0 Å². The molecule has 2 aromatic rings. The van der Waals surface area contributed by atoms with E-state index >= 15 is 0 Å². The van der Waals surface area contributed by atoms with Crippen molar-refractivity contribution in [2.24, 2.45) is 0 Å². The molecule has 0 spiro atoms. The first-order chi connectivity index (χ1) is 9.79. The highest BCUT2D eigenvalue weighted by atomic mass is 79.9. The Labute approximate surface area is 131 Å². The van der Waals surface area contributed by atoms with Crippen LogP contribution in [0.2, 0.25) is 0 Å². The standard InChI is InChI=1S/C14H8BrF3O2S/c15-11-3-1-2-4-12(11)21-8-5-6-10(14(16,17)18)9(7-8)13(19)20/h1-7H,(H,19,20). The number of carboxylic acids is 1. The Bertz CT molecular complexity index is 686. The van der Waals surface area contributed by atoms with Gasteiger partial charge >= 0.3 is 12.1 Å². The van der Waals surface area contributed by atoms with Gasteiger partial charge in [0.05, 0.1) is 11.1 Å². The maximum absolute atomic E-state index is 12.8. The second-order valence-corrected chi connectivity index (χ2v) is 6.01. The summed E-state index contributed by atoms with van der Waals surface area (Å²) < 4.78 is 39.0. The van der Waals surface area contributed by atoms with Gasteiger partial charge in [0.25, 0.3) is 0 Å². The molecule has 0 bridgehead atoms. The summed E-state index contributed by atoms with van der Waals surface area (Å²) in [5.41, 5.74) is -1.90. The molecule has 0 saturated carbocycles. The Morgan fingerprint density at radius 1 is 1.14 bits per heavy atom. The molecule has 0 heterocycles. The van der Waals surface area contributed by atoms with Crippen LogP contribution in [0.25, 0.3) is 0 Å². The summed E-state index contributed by atoms with van der Waals surface area (Å²) in [6.45, 7) is 0. The van der Waals surface area contributed by atoms with Crippen LogP contribution in [0.15, 0.2) is 56.7 Å². The Hall–Kier alpha value is -1.47. The van der Waals surface area contributed by atoms with E-state index in [9.17, 15) is 18.0 Å². The highest BCUT2D eigenvalue weighted by Crippen LogP contribution is 2.37. The van der Waals surface area contributed by atoms with Gasteiger partial charge < -0.3 is 5.11 Å². The lowest BCUT2D eigenvalue weighted by molar-refractivity contribution is -0.138. The topological polar surface area (TPSA) is 37.3 Å². The third-order valence-corrected chi connectivity index (χ3v) is 4.61. The zero-order valence-electron chi connectivity index (χ0n) is 10.3.